The molecule has 0 fully saturated rings. The van der Waals surface area contributed by atoms with Crippen LogP contribution in [0.5, 0.6) is 0 Å². The van der Waals surface area contributed by atoms with Crippen LogP contribution < -0.4 is 19.2 Å². The van der Waals surface area contributed by atoms with Crippen LogP contribution in [-0.4, -0.2) is 112 Å². The van der Waals surface area contributed by atoms with Crippen molar-refractivity contribution in [3.8, 4) is 0 Å². The van der Waals surface area contributed by atoms with E-state index in [0.717, 1.165) is 0 Å². The van der Waals surface area contributed by atoms with Crippen LogP contribution in [0.2, 0.25) is 0 Å². The Labute approximate surface area is 130 Å². The summed E-state index contributed by atoms with van der Waals surface area (Å²) in [6.07, 6.45) is 0. The Bertz CT molecular complexity index is 94.8. The molecule has 0 saturated carbocycles. The summed E-state index contributed by atoms with van der Waals surface area (Å²) >= 11 is 0. The van der Waals surface area contributed by atoms with E-state index in [1.807, 2.05) is 0 Å². The van der Waals surface area contributed by atoms with Crippen LogP contribution in [0.3, 0.4) is 0 Å². The minimum absolute atomic E-state index is 0. The zero-order valence-electron chi connectivity index (χ0n) is 8.12. The molecule has 12 nitrogen and oxygen atoms in total. The van der Waals surface area contributed by atoms with Gasteiger partial charge in [0.1, 0.15) is 0 Å². The molecule has 0 amide bonds. The number of hydrogen-bond donors (Lipinski definition) is 8. The van der Waals surface area contributed by atoms with Crippen molar-refractivity contribution in [2.75, 3.05) is 0 Å². The van der Waals surface area contributed by atoms with Crippen LogP contribution in [-0.2, 0) is 0 Å². The van der Waals surface area contributed by atoms with E-state index in [2.05, 4.69) is 0 Å². The van der Waals surface area contributed by atoms with Crippen LogP contribution in [0.1, 0.15) is 0 Å². The van der Waals surface area contributed by atoms with Crippen LogP contribution in [0, 0.1) is 0 Å². The molecule has 8 N–H and O–H groups in total. The Morgan fingerprint density at radius 1 is 0.471 bits per heavy atom. The summed E-state index contributed by atoms with van der Waals surface area (Å²) in [6.45, 7) is 0. The van der Waals surface area contributed by atoms with Crippen molar-refractivity contribution in [1.82, 2.24) is 0 Å². The molecule has 0 aromatic heterocycles. The third kappa shape index (κ3) is 1500. The van der Waals surface area contributed by atoms with E-state index in [4.69, 9.17) is 57.5 Å². The van der Waals surface area contributed by atoms with Gasteiger partial charge in [-0.3, -0.25) is 0 Å². The van der Waals surface area contributed by atoms with E-state index in [1.165, 1.54) is 0 Å². The SMILES string of the molecule is O[Si](O)(O)O.O[Si](O)(O)O.[Mg+2].[Mg+2].[O-][Si]([O-])([O-])[O-]. The zero-order chi connectivity index (χ0) is 13.5. The third-order valence-electron chi connectivity index (χ3n) is 0. The monoisotopic (exact) mass is 332 g/mol. The summed E-state index contributed by atoms with van der Waals surface area (Å²) in [7, 11) is -14.8. The maximum Gasteiger partial charge on any atom is 2.00 e. The maximum absolute atomic E-state index is 8.58. The Kier molecular flexibility index (Phi) is 23.4. The second kappa shape index (κ2) is 12.7. The predicted octanol–water partition coefficient (Wildman–Crippen LogP) is -11.1. The molecular formula is H8Mg2O12Si3. The molecule has 0 aliphatic carbocycles. The van der Waals surface area contributed by atoms with Crippen molar-refractivity contribution in [3.05, 3.63) is 0 Å². The van der Waals surface area contributed by atoms with Gasteiger partial charge >= 0.3 is 64.2 Å². The smallest absolute Gasteiger partial charge is 0.894 e. The van der Waals surface area contributed by atoms with Gasteiger partial charge in [-0.15, -0.1) is 0 Å². The second-order valence-corrected chi connectivity index (χ2v) is 5.10. The molecule has 17 heavy (non-hydrogen) atoms. The van der Waals surface area contributed by atoms with Crippen LogP contribution in [0.4, 0.5) is 0 Å². The predicted molar refractivity (Wildman–Crippen MR) is 46.5 cm³/mol. The van der Waals surface area contributed by atoms with Crippen molar-refractivity contribution in [2.24, 2.45) is 0 Å². The third-order valence-corrected chi connectivity index (χ3v) is 0. The van der Waals surface area contributed by atoms with E-state index < -0.39 is 27.1 Å². The first kappa shape index (κ1) is 31.2. The molecule has 0 spiro atoms. The molecule has 0 aromatic rings. The van der Waals surface area contributed by atoms with Gasteiger partial charge < -0.3 is 66.6 Å². The molecule has 0 bridgehead atoms. The van der Waals surface area contributed by atoms with Crippen molar-refractivity contribution >= 4 is 73.2 Å². The van der Waals surface area contributed by atoms with Gasteiger partial charge in [0, 0.05) is 0 Å². The fourth-order valence-corrected chi connectivity index (χ4v) is 0. The van der Waals surface area contributed by atoms with Gasteiger partial charge in [0.2, 0.25) is 0 Å². The molecule has 0 rings (SSSR count). The average Bonchev–Trinajstić information content (AvgIpc) is 1.41. The molecule has 96 valence electrons. The first-order valence-corrected chi connectivity index (χ1v) is 7.82. The quantitative estimate of drug-likeness (QED) is 0.192. The van der Waals surface area contributed by atoms with E-state index in [0.29, 0.717) is 0 Å². The van der Waals surface area contributed by atoms with Crippen LogP contribution >= 0.6 is 0 Å². The van der Waals surface area contributed by atoms with Gasteiger partial charge in [-0.1, -0.05) is 0 Å². The fraction of sp³-hybridized carbons (Fsp3) is 0. The summed E-state index contributed by atoms with van der Waals surface area (Å²) in [5.41, 5.74) is 0. The number of rotatable bonds is 0. The van der Waals surface area contributed by atoms with Crippen molar-refractivity contribution in [1.29, 1.82) is 0 Å². The topological polar surface area (TPSA) is 254 Å². The first-order valence-electron chi connectivity index (χ1n) is 2.61. The summed E-state index contributed by atoms with van der Waals surface area (Å²) in [6, 6.07) is 0. The molecule has 0 saturated heterocycles. The molecule has 0 radical (unpaired) electrons. The Morgan fingerprint density at radius 2 is 0.471 bits per heavy atom. The Morgan fingerprint density at radius 3 is 0.471 bits per heavy atom. The number of hydrogen-bond acceptors (Lipinski definition) is 12. The van der Waals surface area contributed by atoms with Crippen molar-refractivity contribution < 1.29 is 57.5 Å². The molecule has 0 unspecified atom stereocenters. The second-order valence-electron chi connectivity index (χ2n) is 1.70. The molecule has 17 heteroatoms. The van der Waals surface area contributed by atoms with Crippen molar-refractivity contribution in [3.63, 3.8) is 0 Å². The fourth-order valence-electron chi connectivity index (χ4n) is 0. The van der Waals surface area contributed by atoms with Gasteiger partial charge in [0.05, 0.1) is 0 Å². The van der Waals surface area contributed by atoms with Gasteiger partial charge in [0.25, 0.3) is 0 Å². The molecular weight excluding hydrogens is 325 g/mol. The minimum Gasteiger partial charge on any atom is -0.894 e. The largest absolute Gasteiger partial charge is 2.00 e. The van der Waals surface area contributed by atoms with Gasteiger partial charge in [0.15, 0.2) is 0 Å². The van der Waals surface area contributed by atoms with Crippen LogP contribution in [0.15, 0.2) is 0 Å². The molecule has 0 aliphatic rings. The summed E-state index contributed by atoms with van der Waals surface area (Å²) < 4.78 is 0. The molecule has 0 heterocycles. The maximum atomic E-state index is 8.58. The van der Waals surface area contributed by atoms with Gasteiger partial charge in [-0.05, 0) is 0 Å². The summed E-state index contributed by atoms with van der Waals surface area (Å²) in [5.74, 6) is 0. The van der Waals surface area contributed by atoms with E-state index in [1.54, 1.807) is 0 Å². The normalized spacial score (nSPS) is 10.6. The van der Waals surface area contributed by atoms with Gasteiger partial charge in [-0.2, -0.15) is 0 Å². The molecule has 0 aromatic carbocycles. The van der Waals surface area contributed by atoms with Gasteiger partial charge in [-0.25, -0.2) is 0 Å². The Balaban J connectivity index is -0.0000000400. The summed E-state index contributed by atoms with van der Waals surface area (Å²) in [5, 5.41) is 0. The van der Waals surface area contributed by atoms with E-state index in [-0.39, 0.29) is 46.1 Å². The Hall–Kier alpha value is 1.70. The molecule has 0 atom stereocenters. The first-order chi connectivity index (χ1) is 6.00. The standard InChI is InChI=1S/2Mg.2H4O4Si.O4Si/c;;3*1-5(2,3)4/h;;2*1-4H;/q2*+2;;;-4. The van der Waals surface area contributed by atoms with E-state index in [9.17, 15) is 0 Å². The minimum atomic E-state index is -5.61. The van der Waals surface area contributed by atoms with Crippen LogP contribution in [0.25, 0.3) is 0 Å². The molecule has 0 aliphatic heterocycles. The van der Waals surface area contributed by atoms with E-state index >= 15 is 0 Å². The summed E-state index contributed by atoms with van der Waals surface area (Å²) in [4.78, 5) is 92.9. The van der Waals surface area contributed by atoms with Crippen molar-refractivity contribution in [2.45, 2.75) is 0 Å². The zero-order valence-corrected chi connectivity index (χ0v) is 14.0. The average molecular weight is 333 g/mol.